The minimum Gasteiger partial charge on any atom is -0.453 e. The third-order valence-corrected chi connectivity index (χ3v) is 7.01. The summed E-state index contributed by atoms with van der Waals surface area (Å²) in [6, 6.07) is 14.0. The predicted octanol–water partition coefficient (Wildman–Crippen LogP) is 3.53. The molecule has 2 aliphatic rings. The quantitative estimate of drug-likeness (QED) is 0.554. The van der Waals surface area contributed by atoms with Crippen molar-refractivity contribution in [1.29, 1.82) is 0 Å². The zero-order chi connectivity index (χ0) is 20.6. The van der Waals surface area contributed by atoms with Crippen LogP contribution in [-0.4, -0.2) is 40.5 Å². The van der Waals surface area contributed by atoms with Gasteiger partial charge < -0.3 is 9.64 Å². The van der Waals surface area contributed by atoms with E-state index in [4.69, 9.17) is 4.74 Å². The van der Waals surface area contributed by atoms with Gasteiger partial charge in [0, 0.05) is 17.7 Å². The summed E-state index contributed by atoms with van der Waals surface area (Å²) in [7, 11) is 0. The lowest BCUT2D eigenvalue weighted by Gasteiger charge is -2.33. The molecular formula is C22H20FNO4S. The Labute approximate surface area is 172 Å². The molecule has 29 heavy (non-hydrogen) atoms. The molecule has 2 saturated heterocycles. The summed E-state index contributed by atoms with van der Waals surface area (Å²) in [6.07, 6.45) is -0.0215. The molecule has 0 saturated carbocycles. The Balaban J connectivity index is 1.51. The molecule has 0 aromatic heterocycles. The van der Waals surface area contributed by atoms with Crippen LogP contribution in [-0.2, 0) is 19.2 Å². The Hall–Kier alpha value is -2.67. The first-order valence-electron chi connectivity index (χ1n) is 9.44. The van der Waals surface area contributed by atoms with E-state index in [0.717, 1.165) is 5.56 Å². The zero-order valence-corrected chi connectivity index (χ0v) is 16.7. The van der Waals surface area contributed by atoms with Crippen molar-refractivity contribution in [2.45, 2.75) is 36.8 Å². The molecule has 0 aliphatic carbocycles. The van der Waals surface area contributed by atoms with E-state index >= 15 is 0 Å². The molecule has 3 atom stereocenters. The van der Waals surface area contributed by atoms with Crippen LogP contribution in [0, 0.1) is 5.82 Å². The smallest absolute Gasteiger partial charge is 0.330 e. The fraction of sp³-hybridized carbons (Fsp3) is 0.318. The van der Waals surface area contributed by atoms with Gasteiger partial charge in [-0.3, -0.25) is 9.59 Å². The summed E-state index contributed by atoms with van der Waals surface area (Å²) in [4.78, 5) is 39.1. The van der Waals surface area contributed by atoms with E-state index in [-0.39, 0.29) is 11.5 Å². The minimum atomic E-state index is -1.03. The molecule has 4 rings (SSSR count). The van der Waals surface area contributed by atoms with Gasteiger partial charge in [-0.2, -0.15) is 0 Å². The highest BCUT2D eigenvalue weighted by molar-refractivity contribution is 8.00. The third-order valence-electron chi connectivity index (χ3n) is 5.42. The molecule has 2 heterocycles. The molecule has 0 bridgehead atoms. The first-order valence-corrected chi connectivity index (χ1v) is 10.4. The molecule has 0 N–H and O–H groups in total. The number of ether oxygens (including phenoxy) is 1. The number of rotatable bonds is 5. The van der Waals surface area contributed by atoms with Gasteiger partial charge >= 0.3 is 5.97 Å². The molecule has 2 aliphatic heterocycles. The van der Waals surface area contributed by atoms with Crippen molar-refractivity contribution in [2.24, 2.45) is 0 Å². The molecule has 2 aromatic rings. The highest BCUT2D eigenvalue weighted by Gasteiger charge is 2.57. The van der Waals surface area contributed by atoms with E-state index in [1.54, 1.807) is 16.7 Å². The molecule has 2 aromatic carbocycles. The molecule has 0 unspecified atom stereocenters. The molecule has 2 fully saturated rings. The first kappa shape index (κ1) is 19.6. The van der Waals surface area contributed by atoms with Crippen LogP contribution < -0.4 is 0 Å². The van der Waals surface area contributed by atoms with Crippen LogP contribution in [0.4, 0.5) is 4.39 Å². The van der Waals surface area contributed by atoms with E-state index in [1.807, 2.05) is 30.3 Å². The lowest BCUT2D eigenvalue weighted by atomic mass is 10.0. The second-order valence-electron chi connectivity index (χ2n) is 7.19. The number of hydrogen-bond donors (Lipinski definition) is 0. The minimum absolute atomic E-state index is 0.0849. The van der Waals surface area contributed by atoms with Gasteiger partial charge in [0.2, 0.25) is 11.7 Å². The van der Waals surface area contributed by atoms with E-state index in [1.165, 1.54) is 31.2 Å². The number of halogens is 1. The predicted molar refractivity (Wildman–Crippen MR) is 107 cm³/mol. The largest absolute Gasteiger partial charge is 0.453 e. The first-order chi connectivity index (χ1) is 13.9. The van der Waals surface area contributed by atoms with Crippen LogP contribution >= 0.6 is 11.8 Å². The number of nitrogens with zero attached hydrogens (tertiary/aromatic N) is 1. The summed E-state index contributed by atoms with van der Waals surface area (Å²) in [5.74, 6) is -1.12. The fourth-order valence-electron chi connectivity index (χ4n) is 3.97. The Morgan fingerprint density at radius 1 is 1.17 bits per heavy atom. The Bertz CT molecular complexity index is 949. The normalized spacial score (nSPS) is 24.3. The second kappa shape index (κ2) is 7.63. The molecule has 5 nitrogen and oxygen atoms in total. The number of Topliss-reactive ketones (excluding diaryl/α,β-unsaturated/α-hetero) is 1. The van der Waals surface area contributed by atoms with Gasteiger partial charge in [-0.15, -0.1) is 11.8 Å². The molecular weight excluding hydrogens is 393 g/mol. The van der Waals surface area contributed by atoms with Crippen molar-refractivity contribution >= 4 is 29.4 Å². The van der Waals surface area contributed by atoms with Crippen LogP contribution in [0.1, 0.15) is 35.7 Å². The number of carbonyl (C=O) groups excluding carboxylic acids is 3. The molecule has 0 radical (unpaired) electrons. The average molecular weight is 413 g/mol. The highest BCUT2D eigenvalue weighted by Crippen LogP contribution is 2.54. The van der Waals surface area contributed by atoms with Gasteiger partial charge in [-0.1, -0.05) is 30.3 Å². The van der Waals surface area contributed by atoms with Gasteiger partial charge in [-0.25, -0.2) is 9.18 Å². The van der Waals surface area contributed by atoms with Crippen molar-refractivity contribution in [2.75, 3.05) is 5.75 Å². The number of thioether (sulfide) groups is 1. The summed E-state index contributed by atoms with van der Waals surface area (Å²) >= 11 is 1.56. The number of amides is 1. The van der Waals surface area contributed by atoms with Crippen molar-refractivity contribution in [3.63, 3.8) is 0 Å². The standard InChI is InChI=1S/C22H20FNO4S/c1-14(20(26)15-7-9-17(23)10-8-15)28-21(27)18-13-29-22(12-11-19(25)24(18)22)16-5-3-2-4-6-16/h2-10,14,18H,11-13H2,1H3/t14-,18+,22+/m0/s1. The Morgan fingerprint density at radius 3 is 2.55 bits per heavy atom. The van der Waals surface area contributed by atoms with E-state index in [9.17, 15) is 18.8 Å². The van der Waals surface area contributed by atoms with E-state index in [0.29, 0.717) is 18.6 Å². The zero-order valence-electron chi connectivity index (χ0n) is 15.8. The molecule has 0 spiro atoms. The lowest BCUT2D eigenvalue weighted by molar-refractivity contribution is -0.156. The van der Waals surface area contributed by atoms with Crippen molar-refractivity contribution in [3.05, 3.63) is 71.5 Å². The van der Waals surface area contributed by atoms with Crippen molar-refractivity contribution < 1.29 is 23.5 Å². The van der Waals surface area contributed by atoms with Crippen LogP contribution in [0.2, 0.25) is 0 Å². The number of esters is 1. The van der Waals surface area contributed by atoms with Gasteiger partial charge in [0.1, 0.15) is 16.7 Å². The SMILES string of the molecule is C[C@H](OC(=O)[C@H]1CS[C@@]2(c3ccccc3)CCC(=O)N12)C(=O)c1ccc(F)cc1. The fourth-order valence-corrected chi connectivity index (χ4v) is 5.61. The maximum Gasteiger partial charge on any atom is 0.330 e. The van der Waals surface area contributed by atoms with Gasteiger partial charge in [0.25, 0.3) is 0 Å². The third kappa shape index (κ3) is 3.44. The molecule has 7 heteroatoms. The Morgan fingerprint density at radius 2 is 1.86 bits per heavy atom. The van der Waals surface area contributed by atoms with Crippen LogP contribution in [0.5, 0.6) is 0 Å². The number of benzene rings is 2. The van der Waals surface area contributed by atoms with Crippen LogP contribution in [0.25, 0.3) is 0 Å². The Kier molecular flexibility index (Phi) is 5.17. The topological polar surface area (TPSA) is 63.7 Å². The molecule has 150 valence electrons. The summed E-state index contributed by atoms with van der Waals surface area (Å²) in [5.41, 5.74) is 1.25. The van der Waals surface area contributed by atoms with E-state index < -0.39 is 34.6 Å². The maximum atomic E-state index is 13.1. The summed E-state index contributed by atoms with van der Waals surface area (Å²) in [6.45, 7) is 1.49. The average Bonchev–Trinajstić information content (AvgIpc) is 3.28. The number of hydrogen-bond acceptors (Lipinski definition) is 5. The monoisotopic (exact) mass is 413 g/mol. The van der Waals surface area contributed by atoms with Crippen LogP contribution in [0.15, 0.2) is 54.6 Å². The van der Waals surface area contributed by atoms with Gasteiger partial charge in [0.15, 0.2) is 6.10 Å². The number of ketones is 1. The summed E-state index contributed by atoms with van der Waals surface area (Å²) < 4.78 is 18.5. The van der Waals surface area contributed by atoms with E-state index in [2.05, 4.69) is 0 Å². The lowest BCUT2D eigenvalue weighted by Crippen LogP contribution is -2.47. The van der Waals surface area contributed by atoms with Crippen molar-refractivity contribution in [1.82, 2.24) is 4.90 Å². The van der Waals surface area contributed by atoms with Crippen molar-refractivity contribution in [3.8, 4) is 0 Å². The number of fused-ring (bicyclic) bond motifs is 1. The number of carbonyl (C=O) groups is 3. The van der Waals surface area contributed by atoms with Crippen LogP contribution in [0.3, 0.4) is 0 Å². The van der Waals surface area contributed by atoms with Gasteiger partial charge in [0.05, 0.1) is 0 Å². The highest BCUT2D eigenvalue weighted by atomic mass is 32.2. The van der Waals surface area contributed by atoms with Gasteiger partial charge in [-0.05, 0) is 43.2 Å². The second-order valence-corrected chi connectivity index (χ2v) is 8.49. The maximum absolute atomic E-state index is 13.1. The molecule has 1 amide bonds. The summed E-state index contributed by atoms with van der Waals surface area (Å²) in [5, 5.41) is 0.